The Kier molecular flexibility index (Phi) is 5.69. The number of aryl methyl sites for hydroxylation is 2. The third-order valence-electron chi connectivity index (χ3n) is 2.22. The van der Waals surface area contributed by atoms with Crippen LogP contribution < -0.4 is 0 Å². The lowest BCUT2D eigenvalue weighted by molar-refractivity contribution is -0.147. The number of carbonyl (C=O) groups is 1. The number of aliphatic hydroxyl groups is 1. The quantitative estimate of drug-likeness (QED) is 0.726. The second kappa shape index (κ2) is 7.06. The van der Waals surface area contributed by atoms with Gasteiger partial charge in [-0.3, -0.25) is 4.79 Å². The van der Waals surface area contributed by atoms with Crippen LogP contribution in [0.25, 0.3) is 0 Å². The third kappa shape index (κ3) is 5.49. The molecule has 1 aromatic heterocycles. The van der Waals surface area contributed by atoms with E-state index in [1.54, 1.807) is 6.33 Å². The molecule has 1 rings (SSSR count). The van der Waals surface area contributed by atoms with Gasteiger partial charge in [0.1, 0.15) is 0 Å². The van der Waals surface area contributed by atoms with Crippen molar-refractivity contribution in [2.75, 3.05) is 6.61 Å². The van der Waals surface area contributed by atoms with Crippen LogP contribution in [0.15, 0.2) is 12.5 Å². The highest BCUT2D eigenvalue weighted by Gasteiger charge is 2.06. The number of ether oxygens (including phenoxy) is 1. The first-order valence-electron chi connectivity index (χ1n) is 5.93. The minimum Gasteiger partial charge on any atom is -0.463 e. The van der Waals surface area contributed by atoms with Crippen LogP contribution in [-0.2, 0) is 22.5 Å². The van der Waals surface area contributed by atoms with Gasteiger partial charge in [-0.25, -0.2) is 4.98 Å². The predicted molar refractivity (Wildman–Crippen MR) is 63.5 cm³/mol. The van der Waals surface area contributed by atoms with Gasteiger partial charge in [-0.05, 0) is 26.7 Å². The summed E-state index contributed by atoms with van der Waals surface area (Å²) < 4.78 is 6.91. The number of aromatic nitrogens is 2. The summed E-state index contributed by atoms with van der Waals surface area (Å²) in [5, 5.41) is 8.70. The number of hydrogen-bond acceptors (Lipinski definition) is 4. The largest absolute Gasteiger partial charge is 0.463 e. The molecule has 0 aliphatic carbocycles. The van der Waals surface area contributed by atoms with Crippen LogP contribution in [-0.4, -0.2) is 33.3 Å². The maximum atomic E-state index is 11.3. The summed E-state index contributed by atoms with van der Waals surface area (Å²) in [7, 11) is 0. The number of carbonyl (C=O) groups excluding carboxylic acids is 1. The summed E-state index contributed by atoms with van der Waals surface area (Å²) in [5.41, 5.74) is 0.941. The summed E-state index contributed by atoms with van der Waals surface area (Å²) in [6.07, 6.45) is 5.37. The van der Waals surface area contributed by atoms with Crippen LogP contribution in [0.2, 0.25) is 0 Å². The molecule has 17 heavy (non-hydrogen) atoms. The molecule has 5 nitrogen and oxygen atoms in total. The Bertz CT molecular complexity index is 347. The van der Waals surface area contributed by atoms with Gasteiger partial charge in [0.05, 0.1) is 24.5 Å². The van der Waals surface area contributed by atoms with Gasteiger partial charge in [0.2, 0.25) is 0 Å². The lowest BCUT2D eigenvalue weighted by Crippen LogP contribution is -2.13. The van der Waals surface area contributed by atoms with Crippen molar-refractivity contribution >= 4 is 5.97 Å². The lowest BCUT2D eigenvalue weighted by Gasteiger charge is -2.07. The molecule has 0 bridgehead atoms. The fourth-order valence-electron chi connectivity index (χ4n) is 1.46. The summed E-state index contributed by atoms with van der Waals surface area (Å²) in [5.74, 6) is -0.189. The van der Waals surface area contributed by atoms with E-state index in [1.807, 2.05) is 24.6 Å². The van der Waals surface area contributed by atoms with Gasteiger partial charge in [-0.15, -0.1) is 0 Å². The SMILES string of the molecule is CC(C)OC(=O)CCn1cnc(CCCO)c1. The van der Waals surface area contributed by atoms with E-state index < -0.39 is 0 Å². The van der Waals surface area contributed by atoms with Crippen molar-refractivity contribution < 1.29 is 14.6 Å². The van der Waals surface area contributed by atoms with Crippen molar-refractivity contribution in [1.29, 1.82) is 0 Å². The highest BCUT2D eigenvalue weighted by atomic mass is 16.5. The zero-order valence-electron chi connectivity index (χ0n) is 10.4. The van der Waals surface area contributed by atoms with Gasteiger partial charge in [0, 0.05) is 19.3 Å². The Labute approximate surface area is 101 Å². The van der Waals surface area contributed by atoms with Crippen LogP contribution in [0.5, 0.6) is 0 Å². The van der Waals surface area contributed by atoms with Gasteiger partial charge >= 0.3 is 5.97 Å². The number of imidazole rings is 1. The Morgan fingerprint density at radius 1 is 1.59 bits per heavy atom. The molecule has 0 amide bonds. The minimum atomic E-state index is -0.189. The van der Waals surface area contributed by atoms with Crippen LogP contribution in [0, 0.1) is 0 Å². The highest BCUT2D eigenvalue weighted by molar-refractivity contribution is 5.69. The van der Waals surface area contributed by atoms with Crippen molar-refractivity contribution in [1.82, 2.24) is 9.55 Å². The van der Waals surface area contributed by atoms with Crippen molar-refractivity contribution in [2.45, 2.75) is 45.8 Å². The molecule has 0 aliphatic rings. The monoisotopic (exact) mass is 240 g/mol. The van der Waals surface area contributed by atoms with E-state index in [1.165, 1.54) is 0 Å². The Hall–Kier alpha value is -1.36. The number of nitrogens with zero attached hydrogens (tertiary/aromatic N) is 2. The second-order valence-electron chi connectivity index (χ2n) is 4.22. The molecule has 0 fully saturated rings. The molecule has 0 aliphatic heterocycles. The molecule has 0 saturated heterocycles. The standard InChI is InChI=1S/C12H20N2O3/c1-10(2)17-12(16)5-6-14-8-11(13-9-14)4-3-7-15/h8-10,15H,3-7H2,1-2H3. The maximum absolute atomic E-state index is 11.3. The van der Waals surface area contributed by atoms with Crippen LogP contribution >= 0.6 is 0 Å². The molecular formula is C12H20N2O3. The Balaban J connectivity index is 2.31. The maximum Gasteiger partial charge on any atom is 0.307 e. The number of aliphatic hydroxyl groups excluding tert-OH is 1. The molecule has 0 unspecified atom stereocenters. The van der Waals surface area contributed by atoms with Gasteiger partial charge in [0.15, 0.2) is 0 Å². The first-order valence-corrected chi connectivity index (χ1v) is 5.93. The third-order valence-corrected chi connectivity index (χ3v) is 2.22. The van der Waals surface area contributed by atoms with Crippen molar-refractivity contribution in [2.24, 2.45) is 0 Å². The van der Waals surface area contributed by atoms with E-state index in [4.69, 9.17) is 9.84 Å². The fourth-order valence-corrected chi connectivity index (χ4v) is 1.46. The summed E-state index contributed by atoms with van der Waals surface area (Å²) >= 11 is 0. The van der Waals surface area contributed by atoms with Crippen molar-refractivity contribution in [3.05, 3.63) is 18.2 Å². The molecule has 1 heterocycles. The normalized spacial score (nSPS) is 10.8. The molecule has 96 valence electrons. The molecule has 0 spiro atoms. The van der Waals surface area contributed by atoms with Gasteiger partial charge < -0.3 is 14.4 Å². The van der Waals surface area contributed by atoms with Gasteiger partial charge in [-0.2, -0.15) is 0 Å². The smallest absolute Gasteiger partial charge is 0.307 e. The van der Waals surface area contributed by atoms with Crippen molar-refractivity contribution in [3.63, 3.8) is 0 Å². The summed E-state index contributed by atoms with van der Waals surface area (Å²) in [6.45, 7) is 4.43. The second-order valence-corrected chi connectivity index (χ2v) is 4.22. The van der Waals surface area contributed by atoms with Crippen molar-refractivity contribution in [3.8, 4) is 0 Å². The lowest BCUT2D eigenvalue weighted by atomic mass is 10.3. The molecule has 0 aromatic carbocycles. The molecule has 0 radical (unpaired) electrons. The van der Waals surface area contributed by atoms with E-state index in [9.17, 15) is 4.79 Å². The van der Waals surface area contributed by atoms with E-state index >= 15 is 0 Å². The minimum absolute atomic E-state index is 0.0644. The fraction of sp³-hybridized carbons (Fsp3) is 0.667. The van der Waals surface area contributed by atoms with Crippen LogP contribution in [0.1, 0.15) is 32.4 Å². The van der Waals surface area contributed by atoms with E-state index in [0.29, 0.717) is 19.4 Å². The molecule has 0 saturated carbocycles. The average Bonchev–Trinajstić information content (AvgIpc) is 2.70. The van der Waals surface area contributed by atoms with Crippen LogP contribution in [0.4, 0.5) is 0 Å². The van der Waals surface area contributed by atoms with Crippen LogP contribution in [0.3, 0.4) is 0 Å². The first kappa shape index (κ1) is 13.7. The molecular weight excluding hydrogens is 220 g/mol. The van der Waals surface area contributed by atoms with E-state index in [0.717, 1.165) is 12.1 Å². The molecule has 5 heteroatoms. The number of hydrogen-bond donors (Lipinski definition) is 1. The molecule has 0 atom stereocenters. The van der Waals surface area contributed by atoms with Gasteiger partial charge in [-0.1, -0.05) is 0 Å². The number of esters is 1. The summed E-state index contributed by atoms with van der Waals surface area (Å²) in [4.78, 5) is 15.5. The summed E-state index contributed by atoms with van der Waals surface area (Å²) in [6, 6.07) is 0. The Morgan fingerprint density at radius 2 is 2.35 bits per heavy atom. The zero-order valence-corrected chi connectivity index (χ0v) is 10.4. The predicted octanol–water partition coefficient (Wildman–Crippen LogP) is 1.15. The van der Waals surface area contributed by atoms with E-state index in [2.05, 4.69) is 4.98 Å². The first-order chi connectivity index (χ1) is 8.11. The average molecular weight is 240 g/mol. The highest BCUT2D eigenvalue weighted by Crippen LogP contribution is 2.02. The topological polar surface area (TPSA) is 64.4 Å². The Morgan fingerprint density at radius 3 is 3.00 bits per heavy atom. The zero-order chi connectivity index (χ0) is 12.7. The number of rotatable bonds is 7. The molecule has 1 aromatic rings. The molecule has 1 N–H and O–H groups in total. The van der Waals surface area contributed by atoms with Gasteiger partial charge in [0.25, 0.3) is 0 Å². The van der Waals surface area contributed by atoms with E-state index in [-0.39, 0.29) is 18.7 Å².